The molecule has 1 heterocycles. The molecule has 0 fully saturated rings. The Hall–Kier alpha value is -3.89. The van der Waals surface area contributed by atoms with Crippen LogP contribution in [0.4, 0.5) is 18.9 Å². The van der Waals surface area contributed by atoms with Gasteiger partial charge in [-0.05, 0) is 55.8 Å². The number of anilines is 1. The van der Waals surface area contributed by atoms with Crippen molar-refractivity contribution < 1.29 is 32.0 Å². The number of nitrogens with one attached hydrogen (secondary N) is 2. The third kappa shape index (κ3) is 7.06. The van der Waals surface area contributed by atoms with Crippen molar-refractivity contribution >= 4 is 17.5 Å². The molecule has 0 aliphatic heterocycles. The van der Waals surface area contributed by atoms with Gasteiger partial charge in [-0.2, -0.15) is 18.2 Å². The minimum Gasteiger partial charge on any atom is -0.494 e. The molecule has 3 rings (SSSR count). The van der Waals surface area contributed by atoms with E-state index in [2.05, 4.69) is 15.5 Å². The van der Waals surface area contributed by atoms with Crippen molar-refractivity contribution in [2.45, 2.75) is 32.9 Å². The predicted molar refractivity (Wildman–Crippen MR) is 117 cm³/mol. The van der Waals surface area contributed by atoms with Crippen LogP contribution >= 0.6 is 0 Å². The first kappa shape index (κ1) is 24.7. The SMILES string of the molecule is CCOc1ccc(-c2noc(CCC(=O)Nc3cc(C(=O)NCC(F)(F)F)ccc3C)n2)cc1. The maximum atomic E-state index is 12.4. The summed E-state index contributed by atoms with van der Waals surface area (Å²) in [7, 11) is 0. The van der Waals surface area contributed by atoms with Crippen molar-refractivity contribution in [2.75, 3.05) is 18.5 Å². The molecule has 0 saturated heterocycles. The van der Waals surface area contributed by atoms with Gasteiger partial charge in [0, 0.05) is 29.7 Å². The van der Waals surface area contributed by atoms with E-state index in [0.29, 0.717) is 23.7 Å². The predicted octanol–water partition coefficient (Wildman–Crippen LogP) is 4.31. The summed E-state index contributed by atoms with van der Waals surface area (Å²) in [5, 5.41) is 8.38. The largest absolute Gasteiger partial charge is 0.494 e. The van der Waals surface area contributed by atoms with Gasteiger partial charge in [0.25, 0.3) is 5.91 Å². The summed E-state index contributed by atoms with van der Waals surface area (Å²) < 4.78 is 47.6. The Morgan fingerprint density at radius 2 is 1.85 bits per heavy atom. The molecule has 2 amide bonds. The Bertz CT molecular complexity index is 1140. The highest BCUT2D eigenvalue weighted by molar-refractivity contribution is 5.97. The maximum absolute atomic E-state index is 12.4. The van der Waals surface area contributed by atoms with E-state index in [0.717, 1.165) is 11.3 Å². The molecule has 8 nitrogen and oxygen atoms in total. The maximum Gasteiger partial charge on any atom is 0.405 e. The fourth-order valence-corrected chi connectivity index (χ4v) is 2.95. The number of amides is 2. The van der Waals surface area contributed by atoms with Crippen molar-refractivity contribution in [1.29, 1.82) is 0 Å². The Morgan fingerprint density at radius 1 is 1.12 bits per heavy atom. The summed E-state index contributed by atoms with van der Waals surface area (Å²) in [5.41, 5.74) is 1.71. The number of nitrogens with zero attached hydrogens (tertiary/aromatic N) is 2. The van der Waals surface area contributed by atoms with E-state index >= 15 is 0 Å². The smallest absolute Gasteiger partial charge is 0.405 e. The number of carbonyl (C=O) groups excluding carboxylic acids is 2. The van der Waals surface area contributed by atoms with E-state index < -0.39 is 18.6 Å². The summed E-state index contributed by atoms with van der Waals surface area (Å²) >= 11 is 0. The van der Waals surface area contributed by atoms with Crippen molar-refractivity contribution in [1.82, 2.24) is 15.5 Å². The highest BCUT2D eigenvalue weighted by Crippen LogP contribution is 2.21. The number of hydrogen-bond donors (Lipinski definition) is 2. The van der Waals surface area contributed by atoms with Gasteiger partial charge in [-0.15, -0.1) is 0 Å². The van der Waals surface area contributed by atoms with Gasteiger partial charge in [-0.3, -0.25) is 9.59 Å². The topological polar surface area (TPSA) is 106 Å². The second-order valence-corrected chi connectivity index (χ2v) is 7.34. The highest BCUT2D eigenvalue weighted by Gasteiger charge is 2.28. The van der Waals surface area contributed by atoms with Gasteiger partial charge in [0.15, 0.2) is 0 Å². The third-order valence-corrected chi connectivity index (χ3v) is 4.68. The average molecular weight is 476 g/mol. The molecule has 11 heteroatoms. The monoisotopic (exact) mass is 476 g/mol. The molecule has 0 radical (unpaired) electrons. The standard InChI is InChI=1S/C23H23F3N4O4/c1-3-33-17-8-6-15(7-9-17)21-29-20(34-30-21)11-10-19(31)28-18-12-16(5-4-14(18)2)22(32)27-13-23(24,25)26/h4-9,12H,3,10-11,13H2,1-2H3,(H,27,32)(H,28,31). The lowest BCUT2D eigenvalue weighted by Gasteiger charge is -2.12. The van der Waals surface area contributed by atoms with Crippen LogP contribution in [0, 0.1) is 6.92 Å². The molecule has 1 aromatic heterocycles. The quantitative estimate of drug-likeness (QED) is 0.477. The lowest BCUT2D eigenvalue weighted by Crippen LogP contribution is -2.33. The van der Waals surface area contributed by atoms with Crippen LogP contribution < -0.4 is 15.4 Å². The number of aryl methyl sites for hydroxylation is 2. The number of hydrogen-bond acceptors (Lipinski definition) is 6. The van der Waals surface area contributed by atoms with E-state index in [1.807, 2.05) is 6.92 Å². The molecule has 0 aliphatic rings. The van der Waals surface area contributed by atoms with Gasteiger partial charge in [0.2, 0.25) is 17.6 Å². The Labute approximate surface area is 193 Å². The van der Waals surface area contributed by atoms with E-state index in [4.69, 9.17) is 9.26 Å². The lowest BCUT2D eigenvalue weighted by molar-refractivity contribution is -0.123. The van der Waals surface area contributed by atoms with Crippen molar-refractivity contribution in [3.05, 3.63) is 59.5 Å². The first-order valence-corrected chi connectivity index (χ1v) is 10.5. The highest BCUT2D eigenvalue weighted by atomic mass is 19.4. The number of alkyl halides is 3. The fraction of sp³-hybridized carbons (Fsp3) is 0.304. The fourth-order valence-electron chi connectivity index (χ4n) is 2.95. The number of rotatable bonds is 9. The molecule has 2 N–H and O–H groups in total. The van der Waals surface area contributed by atoms with Crippen LogP contribution in [0.2, 0.25) is 0 Å². The normalized spacial score (nSPS) is 11.2. The van der Waals surface area contributed by atoms with Crippen LogP contribution in [-0.4, -0.2) is 41.3 Å². The molecule has 0 unspecified atom stereocenters. The number of aromatic nitrogens is 2. The van der Waals surface area contributed by atoms with Gasteiger partial charge in [0.05, 0.1) is 6.61 Å². The first-order chi connectivity index (χ1) is 16.1. The van der Waals surface area contributed by atoms with Crippen LogP contribution in [0.15, 0.2) is 47.0 Å². The van der Waals surface area contributed by atoms with Gasteiger partial charge >= 0.3 is 6.18 Å². The molecule has 0 atom stereocenters. The summed E-state index contributed by atoms with van der Waals surface area (Å²) in [6, 6.07) is 11.4. The zero-order chi connectivity index (χ0) is 24.7. The first-order valence-electron chi connectivity index (χ1n) is 10.5. The molecule has 180 valence electrons. The number of carbonyl (C=O) groups is 2. The molecular formula is C23H23F3N4O4. The summed E-state index contributed by atoms with van der Waals surface area (Å²) in [5.74, 6) is 0.115. The van der Waals surface area contributed by atoms with E-state index in [1.165, 1.54) is 12.1 Å². The van der Waals surface area contributed by atoms with Crippen LogP contribution in [0.25, 0.3) is 11.4 Å². The molecule has 0 aliphatic carbocycles. The van der Waals surface area contributed by atoms with E-state index in [9.17, 15) is 22.8 Å². The van der Waals surface area contributed by atoms with Crippen LogP contribution in [0.5, 0.6) is 5.75 Å². The molecule has 0 saturated carbocycles. The minimum atomic E-state index is -4.51. The Balaban J connectivity index is 1.56. The number of ether oxygens (including phenoxy) is 1. The second kappa shape index (κ2) is 10.8. The summed E-state index contributed by atoms with van der Waals surface area (Å²) in [6.45, 7) is 2.71. The molecule has 34 heavy (non-hydrogen) atoms. The van der Waals surface area contributed by atoms with E-state index in [1.54, 1.807) is 42.6 Å². The molecule has 2 aromatic carbocycles. The van der Waals surface area contributed by atoms with Gasteiger partial charge in [-0.25, -0.2) is 0 Å². The summed E-state index contributed by atoms with van der Waals surface area (Å²) in [4.78, 5) is 28.6. The van der Waals surface area contributed by atoms with Crippen molar-refractivity contribution in [3.8, 4) is 17.1 Å². The van der Waals surface area contributed by atoms with Crippen molar-refractivity contribution in [2.24, 2.45) is 0 Å². The third-order valence-electron chi connectivity index (χ3n) is 4.68. The average Bonchev–Trinajstić information content (AvgIpc) is 3.27. The van der Waals surface area contributed by atoms with E-state index in [-0.39, 0.29) is 30.2 Å². The van der Waals surface area contributed by atoms with Crippen LogP contribution in [0.3, 0.4) is 0 Å². The number of halogens is 3. The van der Waals surface area contributed by atoms with Crippen LogP contribution in [-0.2, 0) is 11.2 Å². The molecule has 0 bridgehead atoms. The second-order valence-electron chi connectivity index (χ2n) is 7.34. The Kier molecular flexibility index (Phi) is 7.87. The summed E-state index contributed by atoms with van der Waals surface area (Å²) in [6.07, 6.45) is -4.31. The van der Waals surface area contributed by atoms with Gasteiger partial charge in [-0.1, -0.05) is 11.2 Å². The zero-order valence-corrected chi connectivity index (χ0v) is 18.5. The van der Waals surface area contributed by atoms with Gasteiger partial charge in [0.1, 0.15) is 12.3 Å². The Morgan fingerprint density at radius 3 is 2.53 bits per heavy atom. The van der Waals surface area contributed by atoms with Crippen LogP contribution in [0.1, 0.15) is 35.2 Å². The van der Waals surface area contributed by atoms with Gasteiger partial charge < -0.3 is 19.9 Å². The van der Waals surface area contributed by atoms with Crippen molar-refractivity contribution in [3.63, 3.8) is 0 Å². The molecule has 3 aromatic rings. The minimum absolute atomic E-state index is 0.00190. The molecular weight excluding hydrogens is 453 g/mol. The molecule has 0 spiro atoms. The number of benzene rings is 2. The zero-order valence-electron chi connectivity index (χ0n) is 18.5. The lowest BCUT2D eigenvalue weighted by atomic mass is 10.1.